The van der Waals surface area contributed by atoms with Crippen molar-refractivity contribution < 1.29 is 4.39 Å². The van der Waals surface area contributed by atoms with E-state index in [1.165, 1.54) is 17.4 Å². The molecule has 0 aliphatic rings. The van der Waals surface area contributed by atoms with Gasteiger partial charge in [-0.05, 0) is 41.6 Å². The van der Waals surface area contributed by atoms with Crippen LogP contribution in [-0.2, 0) is 0 Å². The van der Waals surface area contributed by atoms with Gasteiger partial charge in [-0.1, -0.05) is 12.1 Å². The molecule has 0 spiro atoms. The van der Waals surface area contributed by atoms with Gasteiger partial charge in [0.1, 0.15) is 10.6 Å². The zero-order valence-electron chi connectivity index (χ0n) is 9.45. The molecular formula is C13H8ClFN2S. The quantitative estimate of drug-likeness (QED) is 0.614. The molecule has 1 aromatic carbocycles. The van der Waals surface area contributed by atoms with Crippen molar-refractivity contribution in [3.63, 3.8) is 0 Å². The number of aromatic nitrogens is 2. The van der Waals surface area contributed by atoms with Crippen LogP contribution in [0.3, 0.4) is 0 Å². The first kappa shape index (κ1) is 11.6. The standard InChI is InChI=1S/C13H8ClFN2S/c1-7-8(3-2-4-10(7)15)11-9-5-6-18-12(9)17-13(14)16-11/h2-6H,1H3. The van der Waals surface area contributed by atoms with E-state index in [-0.39, 0.29) is 11.1 Å². The lowest BCUT2D eigenvalue weighted by molar-refractivity contribution is 0.619. The van der Waals surface area contributed by atoms with Gasteiger partial charge in [-0.25, -0.2) is 14.4 Å². The van der Waals surface area contributed by atoms with Gasteiger partial charge in [0.2, 0.25) is 5.28 Å². The zero-order valence-corrected chi connectivity index (χ0v) is 11.0. The van der Waals surface area contributed by atoms with Crippen molar-refractivity contribution in [1.29, 1.82) is 0 Å². The molecule has 3 aromatic rings. The number of rotatable bonds is 1. The van der Waals surface area contributed by atoms with Crippen molar-refractivity contribution in [3.05, 3.63) is 46.3 Å². The molecule has 18 heavy (non-hydrogen) atoms. The summed E-state index contributed by atoms with van der Waals surface area (Å²) in [6.45, 7) is 1.74. The fourth-order valence-corrected chi connectivity index (χ4v) is 2.88. The second-order valence-electron chi connectivity index (χ2n) is 3.89. The molecule has 0 unspecified atom stereocenters. The van der Waals surface area contributed by atoms with Gasteiger partial charge in [-0.15, -0.1) is 11.3 Å². The molecule has 0 amide bonds. The predicted molar refractivity (Wildman–Crippen MR) is 72.6 cm³/mol. The first-order valence-electron chi connectivity index (χ1n) is 5.33. The van der Waals surface area contributed by atoms with Gasteiger partial charge >= 0.3 is 0 Å². The number of fused-ring (bicyclic) bond motifs is 1. The second kappa shape index (κ2) is 4.30. The highest BCUT2D eigenvalue weighted by molar-refractivity contribution is 7.16. The molecule has 0 aliphatic carbocycles. The Kier molecular flexibility index (Phi) is 2.76. The number of hydrogen-bond acceptors (Lipinski definition) is 3. The van der Waals surface area contributed by atoms with Crippen LogP contribution in [0.2, 0.25) is 5.28 Å². The Morgan fingerprint density at radius 2 is 2.06 bits per heavy atom. The zero-order chi connectivity index (χ0) is 12.7. The summed E-state index contributed by atoms with van der Waals surface area (Å²) in [4.78, 5) is 9.21. The first-order chi connectivity index (χ1) is 8.66. The molecule has 2 nitrogen and oxygen atoms in total. The van der Waals surface area contributed by atoms with Gasteiger partial charge in [-0.2, -0.15) is 0 Å². The van der Waals surface area contributed by atoms with Crippen molar-refractivity contribution in [2.24, 2.45) is 0 Å². The fraction of sp³-hybridized carbons (Fsp3) is 0.0769. The van der Waals surface area contributed by atoms with Crippen LogP contribution < -0.4 is 0 Å². The summed E-state index contributed by atoms with van der Waals surface area (Å²) in [7, 11) is 0. The van der Waals surface area contributed by atoms with Crippen molar-refractivity contribution in [1.82, 2.24) is 9.97 Å². The van der Waals surface area contributed by atoms with E-state index in [1.807, 2.05) is 17.5 Å². The van der Waals surface area contributed by atoms with Gasteiger partial charge in [0.25, 0.3) is 0 Å². The van der Waals surface area contributed by atoms with Gasteiger partial charge in [0, 0.05) is 10.9 Å². The SMILES string of the molecule is Cc1c(F)cccc1-c1nc(Cl)nc2sccc12. The highest BCUT2D eigenvalue weighted by Crippen LogP contribution is 2.32. The van der Waals surface area contributed by atoms with Crippen LogP contribution in [0.1, 0.15) is 5.56 Å². The van der Waals surface area contributed by atoms with Gasteiger partial charge in [-0.3, -0.25) is 0 Å². The minimum Gasteiger partial charge on any atom is -0.217 e. The van der Waals surface area contributed by atoms with Crippen molar-refractivity contribution in [2.45, 2.75) is 6.92 Å². The lowest BCUT2D eigenvalue weighted by Crippen LogP contribution is -1.93. The van der Waals surface area contributed by atoms with E-state index < -0.39 is 0 Å². The van der Waals surface area contributed by atoms with Crippen LogP contribution in [0.5, 0.6) is 0 Å². The third-order valence-electron chi connectivity index (χ3n) is 2.82. The first-order valence-corrected chi connectivity index (χ1v) is 6.59. The molecular weight excluding hydrogens is 271 g/mol. The van der Waals surface area contributed by atoms with Crippen LogP contribution in [0.25, 0.3) is 21.5 Å². The van der Waals surface area contributed by atoms with Gasteiger partial charge in [0.15, 0.2) is 0 Å². The smallest absolute Gasteiger partial charge is 0.217 e. The van der Waals surface area contributed by atoms with Gasteiger partial charge in [0.05, 0.1) is 5.69 Å². The molecule has 0 saturated heterocycles. The van der Waals surface area contributed by atoms with E-state index in [4.69, 9.17) is 11.6 Å². The van der Waals surface area contributed by atoms with Crippen LogP contribution >= 0.6 is 22.9 Å². The van der Waals surface area contributed by atoms with Crippen LogP contribution in [-0.4, -0.2) is 9.97 Å². The monoisotopic (exact) mass is 278 g/mol. The Bertz CT molecular complexity index is 739. The van der Waals surface area contributed by atoms with E-state index in [0.717, 1.165) is 15.8 Å². The third-order valence-corrected chi connectivity index (χ3v) is 3.80. The van der Waals surface area contributed by atoms with E-state index in [9.17, 15) is 4.39 Å². The molecule has 0 radical (unpaired) electrons. The van der Waals surface area contributed by atoms with Gasteiger partial charge < -0.3 is 0 Å². The molecule has 5 heteroatoms. The minimum atomic E-state index is -0.245. The second-order valence-corrected chi connectivity index (χ2v) is 5.13. The molecule has 2 heterocycles. The molecule has 0 atom stereocenters. The van der Waals surface area contributed by atoms with E-state index in [2.05, 4.69) is 9.97 Å². The largest absolute Gasteiger partial charge is 0.224 e. The lowest BCUT2D eigenvalue weighted by atomic mass is 10.0. The number of thiophene rings is 1. The maximum absolute atomic E-state index is 13.6. The summed E-state index contributed by atoms with van der Waals surface area (Å²) in [6, 6.07) is 6.88. The molecule has 3 rings (SSSR count). The molecule has 0 N–H and O–H groups in total. The van der Waals surface area contributed by atoms with E-state index >= 15 is 0 Å². The number of hydrogen-bond donors (Lipinski definition) is 0. The lowest BCUT2D eigenvalue weighted by Gasteiger charge is -2.07. The van der Waals surface area contributed by atoms with E-state index in [1.54, 1.807) is 13.0 Å². The number of benzene rings is 1. The molecule has 90 valence electrons. The summed E-state index contributed by atoms with van der Waals surface area (Å²) < 4.78 is 13.6. The number of halogens is 2. The molecule has 0 saturated carbocycles. The molecule has 0 aliphatic heterocycles. The Morgan fingerprint density at radius 3 is 2.89 bits per heavy atom. The summed E-state index contributed by atoms with van der Waals surface area (Å²) in [5.74, 6) is -0.245. The van der Waals surface area contributed by atoms with Crippen molar-refractivity contribution in [2.75, 3.05) is 0 Å². The Labute approximate surface area is 112 Å². The van der Waals surface area contributed by atoms with Crippen molar-refractivity contribution in [3.8, 4) is 11.3 Å². The summed E-state index contributed by atoms with van der Waals surface area (Å²) in [6.07, 6.45) is 0. The Balaban J connectivity index is 2.37. The van der Waals surface area contributed by atoms with Crippen molar-refractivity contribution >= 4 is 33.2 Å². The molecule has 0 fully saturated rings. The van der Waals surface area contributed by atoms with Crippen LogP contribution in [0.4, 0.5) is 4.39 Å². The van der Waals surface area contributed by atoms with E-state index in [0.29, 0.717) is 11.3 Å². The van der Waals surface area contributed by atoms with Crippen LogP contribution in [0.15, 0.2) is 29.6 Å². The maximum atomic E-state index is 13.6. The maximum Gasteiger partial charge on any atom is 0.224 e. The summed E-state index contributed by atoms with van der Waals surface area (Å²) in [5, 5.41) is 3.01. The molecule has 2 aromatic heterocycles. The average molecular weight is 279 g/mol. The summed E-state index contributed by atoms with van der Waals surface area (Å²) >= 11 is 7.40. The Morgan fingerprint density at radius 1 is 1.22 bits per heavy atom. The molecule has 0 bridgehead atoms. The average Bonchev–Trinajstić information content (AvgIpc) is 2.79. The Hall–Kier alpha value is -1.52. The number of nitrogens with zero attached hydrogens (tertiary/aromatic N) is 2. The summed E-state index contributed by atoms with van der Waals surface area (Å²) in [5.41, 5.74) is 2.01. The predicted octanol–water partition coefficient (Wildman–Crippen LogP) is 4.46. The topological polar surface area (TPSA) is 25.8 Å². The highest BCUT2D eigenvalue weighted by atomic mass is 35.5. The third kappa shape index (κ3) is 1.78. The fourth-order valence-electron chi connectivity index (χ4n) is 1.90. The minimum absolute atomic E-state index is 0.184. The van der Waals surface area contributed by atoms with Crippen LogP contribution in [0, 0.1) is 12.7 Å². The normalized spacial score (nSPS) is 11.1. The highest BCUT2D eigenvalue weighted by Gasteiger charge is 2.13.